The van der Waals surface area contributed by atoms with Crippen molar-refractivity contribution in [1.29, 1.82) is 0 Å². The molecular weight excluding hydrogens is 244 g/mol. The maximum Gasteiger partial charge on any atom is 0.159 e. The van der Waals surface area contributed by atoms with Crippen LogP contribution in [-0.4, -0.2) is 5.78 Å². The maximum atomic E-state index is 11.4. The van der Waals surface area contributed by atoms with Gasteiger partial charge in [-0.05, 0) is 29.7 Å². The Bertz CT molecular complexity index is 491. The van der Waals surface area contributed by atoms with Gasteiger partial charge in [0, 0.05) is 11.0 Å². The summed E-state index contributed by atoms with van der Waals surface area (Å²) in [5, 5.41) is 0. The van der Waals surface area contributed by atoms with Gasteiger partial charge in [0.05, 0.1) is 0 Å². The first-order chi connectivity index (χ1) is 9.22. The molecule has 1 nitrogen and oxygen atoms in total. The molecule has 0 heterocycles. The Hall–Kier alpha value is -1.11. The number of hydrogen-bond acceptors (Lipinski definition) is 1. The lowest BCUT2D eigenvalue weighted by molar-refractivity contribution is 0.101. The van der Waals surface area contributed by atoms with Crippen molar-refractivity contribution in [3.05, 3.63) is 35.4 Å². The molecule has 0 aromatic heterocycles. The molecule has 0 atom stereocenters. The lowest BCUT2D eigenvalue weighted by Gasteiger charge is -2.23. The summed E-state index contributed by atoms with van der Waals surface area (Å²) in [6.45, 7) is 13.5. The Kier molecular flexibility index (Phi) is 3.60. The first-order valence-corrected chi connectivity index (χ1v) is 7.84. The van der Waals surface area contributed by atoms with E-state index >= 15 is 0 Å². The van der Waals surface area contributed by atoms with Crippen LogP contribution in [0.1, 0.15) is 76.7 Å². The molecule has 1 aromatic rings. The predicted octanol–water partition coefficient (Wildman–Crippen LogP) is 5.38. The van der Waals surface area contributed by atoms with Gasteiger partial charge in [0.15, 0.2) is 5.78 Å². The van der Waals surface area contributed by atoms with Crippen LogP contribution in [0, 0.1) is 10.8 Å². The Balaban J connectivity index is 2.42. The molecule has 0 unspecified atom stereocenters. The van der Waals surface area contributed by atoms with E-state index in [0.29, 0.717) is 10.8 Å². The van der Waals surface area contributed by atoms with Crippen molar-refractivity contribution in [1.82, 2.24) is 0 Å². The van der Waals surface area contributed by atoms with Crippen LogP contribution in [0.15, 0.2) is 24.3 Å². The van der Waals surface area contributed by atoms with E-state index in [4.69, 9.17) is 0 Å². The van der Waals surface area contributed by atoms with E-state index in [1.807, 2.05) is 12.1 Å². The molecule has 1 heteroatoms. The minimum Gasteiger partial charge on any atom is -0.295 e. The quantitative estimate of drug-likeness (QED) is 0.657. The van der Waals surface area contributed by atoms with Crippen molar-refractivity contribution >= 4 is 5.78 Å². The minimum absolute atomic E-state index is 0.147. The molecule has 0 radical (unpaired) electrons. The van der Waals surface area contributed by atoms with Gasteiger partial charge in [0.1, 0.15) is 0 Å². The monoisotopic (exact) mass is 272 g/mol. The lowest BCUT2D eigenvalue weighted by atomic mass is 9.81. The zero-order chi connectivity index (χ0) is 15.2. The normalized spacial score (nSPS) is 21.5. The van der Waals surface area contributed by atoms with E-state index in [0.717, 1.165) is 5.56 Å². The van der Waals surface area contributed by atoms with Gasteiger partial charge in [-0.2, -0.15) is 0 Å². The molecule has 0 saturated heterocycles. The number of Topliss-reactive ketones (excluding diaryl/α,β-unsaturated/α-hetero) is 1. The first kappa shape index (κ1) is 15.3. The summed E-state index contributed by atoms with van der Waals surface area (Å²) in [5.74, 6) is 0.147. The number of benzene rings is 1. The van der Waals surface area contributed by atoms with Gasteiger partial charge >= 0.3 is 0 Å². The molecule has 0 amide bonds. The topological polar surface area (TPSA) is 17.1 Å². The Morgan fingerprint density at radius 2 is 1.50 bits per heavy atom. The van der Waals surface area contributed by atoms with Gasteiger partial charge in [0.2, 0.25) is 0 Å². The lowest BCUT2D eigenvalue weighted by Crippen LogP contribution is -2.17. The van der Waals surface area contributed by atoms with Gasteiger partial charge in [-0.3, -0.25) is 4.79 Å². The number of hydrogen-bond donors (Lipinski definition) is 0. The predicted molar refractivity (Wildman–Crippen MR) is 85.2 cm³/mol. The standard InChI is InChI=1S/C19H28O/c1-7-8-13-19(17(3,4)18(19,5)6)16-11-9-15(10-12-16)14(2)20/h9-12H,7-8,13H2,1-6H3. The van der Waals surface area contributed by atoms with Crippen LogP contribution in [0.25, 0.3) is 0 Å². The summed E-state index contributed by atoms with van der Waals surface area (Å²) < 4.78 is 0. The molecule has 2 rings (SSSR count). The first-order valence-electron chi connectivity index (χ1n) is 7.84. The van der Waals surface area contributed by atoms with Crippen LogP contribution < -0.4 is 0 Å². The SMILES string of the molecule is CCCCC1(c2ccc(C(C)=O)cc2)C(C)(C)C1(C)C. The summed E-state index contributed by atoms with van der Waals surface area (Å²) in [7, 11) is 0. The second-order valence-corrected chi connectivity index (χ2v) is 7.39. The number of carbonyl (C=O) groups is 1. The highest BCUT2D eigenvalue weighted by atomic mass is 16.1. The third kappa shape index (κ3) is 1.78. The summed E-state index contributed by atoms with van der Waals surface area (Å²) >= 11 is 0. The van der Waals surface area contributed by atoms with Gasteiger partial charge in [-0.1, -0.05) is 71.7 Å². The molecule has 1 aromatic carbocycles. The summed E-state index contributed by atoms with van der Waals surface area (Å²) in [4.78, 5) is 11.4. The fourth-order valence-electron chi connectivity index (χ4n) is 4.35. The Morgan fingerprint density at radius 1 is 1.00 bits per heavy atom. The molecule has 0 N–H and O–H groups in total. The smallest absolute Gasteiger partial charge is 0.159 e. The van der Waals surface area contributed by atoms with E-state index in [9.17, 15) is 4.79 Å². The zero-order valence-electron chi connectivity index (χ0n) is 13.8. The zero-order valence-corrected chi connectivity index (χ0v) is 13.8. The number of ketones is 1. The van der Waals surface area contributed by atoms with E-state index in [1.54, 1.807) is 6.92 Å². The van der Waals surface area contributed by atoms with Crippen LogP contribution >= 0.6 is 0 Å². The summed E-state index contributed by atoms with van der Waals surface area (Å²) in [6.07, 6.45) is 3.74. The van der Waals surface area contributed by atoms with E-state index in [1.165, 1.54) is 24.8 Å². The maximum absolute atomic E-state index is 11.4. The molecular formula is C19H28O. The molecule has 20 heavy (non-hydrogen) atoms. The Morgan fingerprint density at radius 3 is 1.85 bits per heavy atom. The number of rotatable bonds is 5. The minimum atomic E-state index is 0.147. The fraction of sp³-hybridized carbons (Fsp3) is 0.632. The van der Waals surface area contributed by atoms with Gasteiger partial charge in [-0.15, -0.1) is 0 Å². The number of carbonyl (C=O) groups excluding carboxylic acids is 1. The summed E-state index contributed by atoms with van der Waals surface area (Å²) in [5.41, 5.74) is 3.10. The van der Waals surface area contributed by atoms with Crippen LogP contribution in [0.5, 0.6) is 0 Å². The summed E-state index contributed by atoms with van der Waals surface area (Å²) in [6, 6.07) is 8.36. The van der Waals surface area contributed by atoms with Crippen molar-refractivity contribution < 1.29 is 4.79 Å². The van der Waals surface area contributed by atoms with Crippen molar-refractivity contribution in [3.8, 4) is 0 Å². The fourth-order valence-corrected chi connectivity index (χ4v) is 4.35. The van der Waals surface area contributed by atoms with E-state index in [-0.39, 0.29) is 11.2 Å². The molecule has 1 fully saturated rings. The molecule has 0 aliphatic heterocycles. The second-order valence-electron chi connectivity index (χ2n) is 7.39. The average Bonchev–Trinajstić information content (AvgIpc) is 2.74. The van der Waals surface area contributed by atoms with E-state index < -0.39 is 0 Å². The van der Waals surface area contributed by atoms with Crippen molar-refractivity contribution in [3.63, 3.8) is 0 Å². The van der Waals surface area contributed by atoms with Crippen molar-refractivity contribution in [2.45, 2.75) is 66.2 Å². The largest absolute Gasteiger partial charge is 0.295 e. The average molecular weight is 272 g/mol. The molecule has 0 bridgehead atoms. The van der Waals surface area contributed by atoms with Crippen molar-refractivity contribution in [2.24, 2.45) is 10.8 Å². The van der Waals surface area contributed by atoms with Crippen LogP contribution in [0.3, 0.4) is 0 Å². The number of unbranched alkanes of at least 4 members (excludes halogenated alkanes) is 1. The third-order valence-corrected chi connectivity index (χ3v) is 6.32. The highest BCUT2D eigenvalue weighted by Gasteiger charge is 2.76. The molecule has 1 aliphatic rings. The van der Waals surface area contributed by atoms with Crippen LogP contribution in [-0.2, 0) is 5.41 Å². The second kappa shape index (κ2) is 4.72. The molecule has 1 saturated carbocycles. The van der Waals surface area contributed by atoms with Gasteiger partial charge in [0.25, 0.3) is 0 Å². The van der Waals surface area contributed by atoms with E-state index in [2.05, 4.69) is 46.8 Å². The third-order valence-electron chi connectivity index (χ3n) is 6.32. The Labute approximate surface area is 123 Å². The van der Waals surface area contributed by atoms with Crippen LogP contribution in [0.4, 0.5) is 0 Å². The van der Waals surface area contributed by atoms with Crippen LogP contribution in [0.2, 0.25) is 0 Å². The van der Waals surface area contributed by atoms with Gasteiger partial charge in [-0.25, -0.2) is 0 Å². The molecule has 110 valence electrons. The molecule has 1 aliphatic carbocycles. The van der Waals surface area contributed by atoms with Crippen molar-refractivity contribution in [2.75, 3.05) is 0 Å². The highest BCUT2D eigenvalue weighted by Crippen LogP contribution is 2.79. The highest BCUT2D eigenvalue weighted by molar-refractivity contribution is 5.94. The molecule has 0 spiro atoms. The van der Waals surface area contributed by atoms with Gasteiger partial charge < -0.3 is 0 Å².